The lowest BCUT2D eigenvalue weighted by Gasteiger charge is -2.26. The number of hydrogen-bond acceptors (Lipinski definition) is 7. The van der Waals surface area contributed by atoms with Gasteiger partial charge in [0.1, 0.15) is 11.4 Å². The van der Waals surface area contributed by atoms with E-state index in [1.54, 1.807) is 11.9 Å². The second-order valence-electron chi connectivity index (χ2n) is 6.86. The van der Waals surface area contributed by atoms with Gasteiger partial charge in [-0.3, -0.25) is 10.1 Å². The van der Waals surface area contributed by atoms with E-state index in [1.807, 2.05) is 31.2 Å². The molecule has 0 radical (unpaired) electrons. The Hall–Kier alpha value is -2.69. The molecule has 3 rings (SSSR count). The van der Waals surface area contributed by atoms with Crippen LogP contribution in [0, 0.1) is 10.1 Å². The van der Waals surface area contributed by atoms with Gasteiger partial charge in [-0.05, 0) is 36.8 Å². The Morgan fingerprint density at radius 2 is 1.83 bits per heavy atom. The van der Waals surface area contributed by atoms with Gasteiger partial charge in [-0.25, -0.2) is 8.42 Å². The van der Waals surface area contributed by atoms with Crippen LogP contribution in [-0.2, 0) is 21.3 Å². The number of sulfonamides is 1. The van der Waals surface area contributed by atoms with Gasteiger partial charge in [0, 0.05) is 32.7 Å². The molecular weight excluding hydrogens is 410 g/mol. The molecule has 0 N–H and O–H groups in total. The molecule has 0 amide bonds. The Bertz CT molecular complexity index is 988. The van der Waals surface area contributed by atoms with Gasteiger partial charge < -0.3 is 14.4 Å². The van der Waals surface area contributed by atoms with Crippen molar-refractivity contribution in [3.63, 3.8) is 0 Å². The molecule has 0 spiro atoms. The van der Waals surface area contributed by atoms with Crippen LogP contribution in [0.1, 0.15) is 12.5 Å². The quantitative estimate of drug-likeness (QED) is 0.464. The van der Waals surface area contributed by atoms with Crippen LogP contribution in [0.5, 0.6) is 5.75 Å². The fourth-order valence-electron chi connectivity index (χ4n) is 3.29. The van der Waals surface area contributed by atoms with Crippen LogP contribution >= 0.6 is 0 Å². The summed E-state index contributed by atoms with van der Waals surface area (Å²) in [5.74, 6) is 0.757. The smallest absolute Gasteiger partial charge is 0.293 e. The molecule has 1 aliphatic heterocycles. The first kappa shape index (κ1) is 22.0. The van der Waals surface area contributed by atoms with Crippen LogP contribution in [0.3, 0.4) is 0 Å². The Morgan fingerprint density at radius 1 is 1.17 bits per heavy atom. The number of rotatable bonds is 8. The van der Waals surface area contributed by atoms with E-state index in [1.165, 1.54) is 16.4 Å². The van der Waals surface area contributed by atoms with Crippen molar-refractivity contribution in [2.45, 2.75) is 18.4 Å². The minimum Gasteiger partial charge on any atom is -0.494 e. The maximum atomic E-state index is 12.8. The normalized spacial score (nSPS) is 15.0. The van der Waals surface area contributed by atoms with Gasteiger partial charge in [0.15, 0.2) is 0 Å². The van der Waals surface area contributed by atoms with Crippen molar-refractivity contribution in [1.29, 1.82) is 0 Å². The number of nitro groups is 1. The van der Waals surface area contributed by atoms with Crippen molar-refractivity contribution in [3.8, 4) is 5.75 Å². The molecule has 1 heterocycles. The van der Waals surface area contributed by atoms with E-state index in [0.717, 1.165) is 17.4 Å². The standard InChI is InChI=1S/C20H25N3O6S/c1-3-29-17-6-4-16(5-7-17)15-21(2)19-9-8-18(14-20(19)23(24)25)30(26,27)22-10-12-28-13-11-22/h4-9,14H,3,10-13,15H2,1-2H3. The Balaban J connectivity index is 1.85. The summed E-state index contributed by atoms with van der Waals surface area (Å²) in [7, 11) is -2.08. The summed E-state index contributed by atoms with van der Waals surface area (Å²) in [6.45, 7) is 3.98. The van der Waals surface area contributed by atoms with Gasteiger partial charge in [-0.2, -0.15) is 4.31 Å². The van der Waals surface area contributed by atoms with Crippen molar-refractivity contribution in [3.05, 3.63) is 58.1 Å². The van der Waals surface area contributed by atoms with Crippen molar-refractivity contribution in [2.75, 3.05) is 44.9 Å². The summed E-state index contributed by atoms with van der Waals surface area (Å²) >= 11 is 0. The maximum Gasteiger partial charge on any atom is 0.293 e. The highest BCUT2D eigenvalue weighted by Crippen LogP contribution is 2.32. The van der Waals surface area contributed by atoms with E-state index in [4.69, 9.17) is 9.47 Å². The van der Waals surface area contributed by atoms with E-state index in [-0.39, 0.29) is 23.7 Å². The minimum atomic E-state index is -3.81. The van der Waals surface area contributed by atoms with Crippen molar-refractivity contribution in [1.82, 2.24) is 4.31 Å². The van der Waals surface area contributed by atoms with Gasteiger partial charge in [0.25, 0.3) is 5.69 Å². The number of anilines is 1. The molecule has 0 saturated carbocycles. The van der Waals surface area contributed by atoms with Gasteiger partial charge in [0.2, 0.25) is 10.0 Å². The first-order chi connectivity index (χ1) is 14.3. The summed E-state index contributed by atoms with van der Waals surface area (Å²) in [4.78, 5) is 12.8. The lowest BCUT2D eigenvalue weighted by molar-refractivity contribution is -0.384. The fraction of sp³-hybridized carbons (Fsp3) is 0.400. The molecule has 1 saturated heterocycles. The molecule has 9 nitrogen and oxygen atoms in total. The Kier molecular flexibility index (Phi) is 6.91. The number of nitrogens with zero attached hydrogens (tertiary/aromatic N) is 3. The van der Waals surface area contributed by atoms with Crippen molar-refractivity contribution in [2.24, 2.45) is 0 Å². The van der Waals surface area contributed by atoms with Gasteiger partial charge >= 0.3 is 0 Å². The van der Waals surface area contributed by atoms with E-state index in [9.17, 15) is 18.5 Å². The van der Waals surface area contributed by atoms with E-state index in [0.29, 0.717) is 32.1 Å². The third kappa shape index (κ3) is 4.89. The average Bonchev–Trinajstić information content (AvgIpc) is 2.75. The Labute approximate surface area is 176 Å². The topological polar surface area (TPSA) is 102 Å². The molecule has 1 fully saturated rings. The van der Waals surface area contributed by atoms with Gasteiger partial charge in [-0.1, -0.05) is 12.1 Å². The molecule has 2 aromatic carbocycles. The summed E-state index contributed by atoms with van der Waals surface area (Å²) in [6.07, 6.45) is 0. The van der Waals surface area contributed by atoms with Crippen LogP contribution in [0.15, 0.2) is 47.4 Å². The second-order valence-corrected chi connectivity index (χ2v) is 8.80. The SMILES string of the molecule is CCOc1ccc(CN(C)c2ccc(S(=O)(=O)N3CCOCC3)cc2[N+](=O)[O-])cc1. The zero-order valence-corrected chi connectivity index (χ0v) is 17.8. The fourth-order valence-corrected chi connectivity index (χ4v) is 4.71. The summed E-state index contributed by atoms with van der Waals surface area (Å²) in [6, 6.07) is 11.5. The zero-order valence-electron chi connectivity index (χ0n) is 17.0. The maximum absolute atomic E-state index is 12.8. The van der Waals surface area contributed by atoms with Crippen LogP contribution < -0.4 is 9.64 Å². The third-order valence-electron chi connectivity index (χ3n) is 4.82. The van der Waals surface area contributed by atoms with E-state index in [2.05, 4.69) is 0 Å². The van der Waals surface area contributed by atoms with Gasteiger partial charge in [-0.15, -0.1) is 0 Å². The summed E-state index contributed by atoms with van der Waals surface area (Å²) < 4.78 is 37.6. The molecule has 162 valence electrons. The van der Waals surface area contributed by atoms with Crippen LogP contribution in [-0.4, -0.2) is 57.6 Å². The highest BCUT2D eigenvalue weighted by molar-refractivity contribution is 7.89. The molecule has 0 unspecified atom stereocenters. The van der Waals surface area contributed by atoms with Crippen molar-refractivity contribution < 1.29 is 22.8 Å². The second kappa shape index (κ2) is 9.41. The van der Waals surface area contributed by atoms with Gasteiger partial charge in [0.05, 0.1) is 29.6 Å². The minimum absolute atomic E-state index is 0.0886. The molecule has 1 aliphatic rings. The third-order valence-corrected chi connectivity index (χ3v) is 6.71. The predicted octanol–water partition coefficient (Wildman–Crippen LogP) is 2.65. The number of morpholine rings is 1. The number of ether oxygens (including phenoxy) is 2. The molecular formula is C20H25N3O6S. The lowest BCUT2D eigenvalue weighted by Crippen LogP contribution is -2.40. The largest absolute Gasteiger partial charge is 0.494 e. The highest BCUT2D eigenvalue weighted by Gasteiger charge is 2.29. The van der Waals surface area contributed by atoms with Crippen molar-refractivity contribution >= 4 is 21.4 Å². The predicted molar refractivity (Wildman–Crippen MR) is 112 cm³/mol. The van der Waals surface area contributed by atoms with Crippen LogP contribution in [0.25, 0.3) is 0 Å². The number of hydrogen-bond donors (Lipinski definition) is 0. The molecule has 0 aliphatic carbocycles. The highest BCUT2D eigenvalue weighted by atomic mass is 32.2. The number of benzene rings is 2. The Morgan fingerprint density at radius 3 is 2.43 bits per heavy atom. The zero-order chi connectivity index (χ0) is 21.7. The number of nitro benzene ring substituents is 1. The summed E-state index contributed by atoms with van der Waals surface area (Å²) in [5, 5.41) is 11.7. The molecule has 0 atom stereocenters. The van der Waals surface area contributed by atoms with E-state index >= 15 is 0 Å². The molecule has 30 heavy (non-hydrogen) atoms. The average molecular weight is 436 g/mol. The monoisotopic (exact) mass is 435 g/mol. The van der Waals surface area contributed by atoms with Crippen LogP contribution in [0.4, 0.5) is 11.4 Å². The molecule has 2 aromatic rings. The molecule has 0 bridgehead atoms. The van der Waals surface area contributed by atoms with Crippen LogP contribution in [0.2, 0.25) is 0 Å². The first-order valence-electron chi connectivity index (χ1n) is 9.62. The lowest BCUT2D eigenvalue weighted by atomic mass is 10.2. The first-order valence-corrected chi connectivity index (χ1v) is 11.1. The summed E-state index contributed by atoms with van der Waals surface area (Å²) in [5.41, 5.74) is 1.04. The molecule has 10 heteroatoms. The molecule has 0 aromatic heterocycles. The van der Waals surface area contributed by atoms with E-state index < -0.39 is 14.9 Å².